The monoisotopic (exact) mass is 419 g/mol. The number of nitrogen functional groups attached to an aromatic ring is 1. The summed E-state index contributed by atoms with van der Waals surface area (Å²) in [7, 11) is 0. The van der Waals surface area contributed by atoms with Crippen LogP contribution in [0.3, 0.4) is 0 Å². The van der Waals surface area contributed by atoms with E-state index in [1.54, 1.807) is 23.1 Å². The van der Waals surface area contributed by atoms with Crippen LogP contribution in [0.5, 0.6) is 0 Å². The fraction of sp³-hybridized carbons (Fsp3) is 0.381. The zero-order chi connectivity index (χ0) is 19.6. The van der Waals surface area contributed by atoms with Crippen molar-refractivity contribution < 1.29 is 0 Å². The molecule has 3 nitrogen and oxygen atoms in total. The van der Waals surface area contributed by atoms with Crippen molar-refractivity contribution in [3.8, 4) is 0 Å². The van der Waals surface area contributed by atoms with Crippen LogP contribution in [0.15, 0.2) is 47.3 Å². The van der Waals surface area contributed by atoms with Gasteiger partial charge in [-0.15, -0.1) is 34.9 Å². The molecule has 1 aromatic heterocycles. The minimum absolute atomic E-state index is 0.118. The van der Waals surface area contributed by atoms with Gasteiger partial charge in [-0.1, -0.05) is 45.6 Å². The molecule has 146 valence electrons. The molecule has 27 heavy (non-hydrogen) atoms. The molecule has 0 unspecified atom stereocenters. The van der Waals surface area contributed by atoms with Gasteiger partial charge in [0.2, 0.25) is 0 Å². The first-order chi connectivity index (χ1) is 13.2. The lowest BCUT2D eigenvalue weighted by molar-refractivity contribution is 0.600. The Morgan fingerprint density at radius 3 is 2.70 bits per heavy atom. The van der Waals surface area contributed by atoms with Crippen molar-refractivity contribution in [3.63, 3.8) is 0 Å². The van der Waals surface area contributed by atoms with E-state index in [-0.39, 0.29) is 6.04 Å². The molecule has 1 aliphatic heterocycles. The summed E-state index contributed by atoms with van der Waals surface area (Å²) in [5.74, 6) is 2.17. The molecule has 0 saturated heterocycles. The van der Waals surface area contributed by atoms with Crippen LogP contribution in [0, 0.1) is 0 Å². The van der Waals surface area contributed by atoms with Crippen LogP contribution >= 0.6 is 34.9 Å². The number of hydrogen-bond acceptors (Lipinski definition) is 6. The van der Waals surface area contributed by atoms with Crippen molar-refractivity contribution >= 4 is 45.5 Å². The van der Waals surface area contributed by atoms with Gasteiger partial charge in [0.05, 0.1) is 16.8 Å². The van der Waals surface area contributed by atoms with Gasteiger partial charge in [0.1, 0.15) is 5.01 Å². The summed E-state index contributed by atoms with van der Waals surface area (Å²) >= 11 is 5.37. The van der Waals surface area contributed by atoms with Gasteiger partial charge in [0, 0.05) is 21.7 Å². The fourth-order valence-corrected chi connectivity index (χ4v) is 5.22. The molecule has 1 atom stereocenters. The first-order valence-corrected chi connectivity index (χ1v) is 12.2. The number of benzene rings is 1. The van der Waals surface area contributed by atoms with Gasteiger partial charge in [-0.2, -0.15) is 0 Å². The molecule has 3 rings (SSSR count). The van der Waals surface area contributed by atoms with Gasteiger partial charge in [-0.25, -0.2) is 4.98 Å². The second kappa shape index (κ2) is 11.5. The van der Waals surface area contributed by atoms with Crippen LogP contribution in [0.2, 0.25) is 0 Å². The van der Waals surface area contributed by atoms with E-state index in [1.807, 2.05) is 37.7 Å². The van der Waals surface area contributed by atoms with Gasteiger partial charge in [0.15, 0.2) is 0 Å². The Kier molecular flexibility index (Phi) is 9.31. The van der Waals surface area contributed by atoms with Gasteiger partial charge in [-0.3, -0.25) is 0 Å². The summed E-state index contributed by atoms with van der Waals surface area (Å²) in [5, 5.41) is 7.86. The average molecular weight is 420 g/mol. The number of nitrogens with one attached hydrogen (secondary N) is 1. The number of nitrogens with zero attached hydrogens (tertiary/aromatic N) is 1. The molecular formula is C21H29N3S3. The minimum atomic E-state index is 0.118. The van der Waals surface area contributed by atoms with E-state index < -0.39 is 0 Å². The van der Waals surface area contributed by atoms with E-state index in [0.29, 0.717) is 0 Å². The number of allylic oxidation sites excluding steroid dienone is 1. The second-order valence-electron chi connectivity index (χ2n) is 5.78. The van der Waals surface area contributed by atoms with Crippen LogP contribution in [0.25, 0.3) is 4.91 Å². The normalized spacial score (nSPS) is 14.1. The first kappa shape index (κ1) is 21.9. The second-order valence-corrected chi connectivity index (χ2v) is 9.14. The summed E-state index contributed by atoms with van der Waals surface area (Å²) in [4.78, 5) is 6.23. The Morgan fingerprint density at radius 1 is 1.33 bits per heavy atom. The number of thiazole rings is 1. The van der Waals surface area contributed by atoms with E-state index >= 15 is 0 Å². The molecule has 1 aliphatic rings. The highest BCUT2D eigenvalue weighted by atomic mass is 32.2. The summed E-state index contributed by atoms with van der Waals surface area (Å²) in [5.41, 5.74) is 8.93. The quantitative estimate of drug-likeness (QED) is 0.490. The van der Waals surface area contributed by atoms with Crippen molar-refractivity contribution in [2.75, 3.05) is 17.2 Å². The molecule has 0 radical (unpaired) electrons. The molecule has 0 saturated carbocycles. The molecule has 1 aromatic carbocycles. The van der Waals surface area contributed by atoms with Gasteiger partial charge in [-0.05, 0) is 36.3 Å². The topological polar surface area (TPSA) is 50.9 Å². The van der Waals surface area contributed by atoms with Crippen LogP contribution in [0.1, 0.15) is 49.5 Å². The maximum absolute atomic E-state index is 5.81. The Bertz CT molecular complexity index is 750. The molecule has 0 spiro atoms. The van der Waals surface area contributed by atoms with Gasteiger partial charge < -0.3 is 11.1 Å². The number of thioether (sulfide) groups is 2. The summed E-state index contributed by atoms with van der Waals surface area (Å²) in [6, 6.07) is 8.19. The maximum atomic E-state index is 5.81. The molecule has 6 heteroatoms. The Morgan fingerprint density at radius 2 is 2.07 bits per heavy atom. The zero-order valence-corrected chi connectivity index (χ0v) is 18.8. The third-order valence-electron chi connectivity index (χ3n) is 3.87. The van der Waals surface area contributed by atoms with E-state index in [9.17, 15) is 0 Å². The molecule has 2 aromatic rings. The van der Waals surface area contributed by atoms with Crippen molar-refractivity contribution in [1.82, 2.24) is 10.3 Å². The summed E-state index contributed by atoms with van der Waals surface area (Å²) in [6.07, 6.45) is 4.30. The molecule has 2 heterocycles. The van der Waals surface area contributed by atoms with E-state index in [0.717, 1.165) is 40.0 Å². The van der Waals surface area contributed by atoms with Crippen LogP contribution in [-0.2, 0) is 6.42 Å². The lowest BCUT2D eigenvalue weighted by Crippen LogP contribution is -2.21. The van der Waals surface area contributed by atoms with E-state index in [2.05, 4.69) is 42.4 Å². The van der Waals surface area contributed by atoms with Gasteiger partial charge >= 0.3 is 0 Å². The average Bonchev–Trinajstić information content (AvgIpc) is 3.36. The maximum Gasteiger partial charge on any atom is 0.129 e. The van der Waals surface area contributed by atoms with Crippen molar-refractivity contribution in [2.24, 2.45) is 0 Å². The minimum Gasteiger partial charge on any atom is -0.399 e. The van der Waals surface area contributed by atoms with Gasteiger partial charge in [0.25, 0.3) is 0 Å². The SMILES string of the molecule is C=C(N[C@@H](Cc1ccc(N)cc1)c1csc(C2=CCCS2)n1)SCC.CC. The highest BCUT2D eigenvalue weighted by molar-refractivity contribution is 8.08. The number of aromatic nitrogens is 1. The highest BCUT2D eigenvalue weighted by Gasteiger charge is 2.19. The fourth-order valence-electron chi connectivity index (χ4n) is 2.66. The number of rotatable bonds is 8. The molecule has 0 bridgehead atoms. The molecule has 0 fully saturated rings. The predicted molar refractivity (Wildman–Crippen MR) is 126 cm³/mol. The molecular weight excluding hydrogens is 390 g/mol. The van der Waals surface area contributed by atoms with Crippen molar-refractivity contribution in [1.29, 1.82) is 0 Å². The molecule has 3 N–H and O–H groups in total. The molecule has 0 amide bonds. The van der Waals surface area contributed by atoms with Crippen molar-refractivity contribution in [2.45, 2.75) is 39.7 Å². The van der Waals surface area contributed by atoms with Crippen LogP contribution in [0.4, 0.5) is 5.69 Å². The lowest BCUT2D eigenvalue weighted by Gasteiger charge is -2.19. The highest BCUT2D eigenvalue weighted by Crippen LogP contribution is 2.36. The van der Waals surface area contributed by atoms with E-state index in [4.69, 9.17) is 10.7 Å². The van der Waals surface area contributed by atoms with Crippen LogP contribution < -0.4 is 11.1 Å². The van der Waals surface area contributed by atoms with E-state index in [1.165, 1.54) is 16.2 Å². The third kappa shape index (κ3) is 6.63. The third-order valence-corrected chi connectivity index (χ3v) is 6.76. The predicted octanol–water partition coefficient (Wildman–Crippen LogP) is 6.33. The summed E-state index contributed by atoms with van der Waals surface area (Å²) < 4.78 is 0. The number of hydrogen-bond donors (Lipinski definition) is 2. The van der Waals surface area contributed by atoms with Crippen LogP contribution in [-0.4, -0.2) is 16.5 Å². The molecule has 0 aliphatic carbocycles. The largest absolute Gasteiger partial charge is 0.399 e. The number of nitrogens with two attached hydrogens (primary N) is 1. The number of anilines is 1. The summed E-state index contributed by atoms with van der Waals surface area (Å²) in [6.45, 7) is 10.3. The standard InChI is InChI=1S/C19H23N3S3.C2H6/c1-3-23-13(2)21-16(11-14-6-8-15(20)9-7-14)17-12-25-19(22-17)18-5-4-10-24-18;1-2/h5-9,12,16,21H,2-4,10-11,20H2,1H3;1-2H3/t16-;/m0./s1. The first-order valence-electron chi connectivity index (χ1n) is 9.37. The zero-order valence-electron chi connectivity index (χ0n) is 16.3. The Hall–Kier alpha value is -1.37. The Balaban J connectivity index is 0.00000126. The smallest absolute Gasteiger partial charge is 0.129 e. The Labute approximate surface area is 175 Å². The lowest BCUT2D eigenvalue weighted by atomic mass is 10.0. The van der Waals surface area contributed by atoms with Crippen molar-refractivity contribution in [3.05, 3.63) is 63.6 Å².